The van der Waals surface area contributed by atoms with Gasteiger partial charge >= 0.3 is 0 Å². The van der Waals surface area contributed by atoms with Gasteiger partial charge in [0.25, 0.3) is 0 Å². The summed E-state index contributed by atoms with van der Waals surface area (Å²) in [6.07, 6.45) is 4.34. The van der Waals surface area contributed by atoms with Crippen molar-refractivity contribution in [3.63, 3.8) is 0 Å². The smallest absolute Gasteiger partial charge is 0.220 e. The van der Waals surface area contributed by atoms with Gasteiger partial charge < -0.3 is 4.42 Å². The van der Waals surface area contributed by atoms with E-state index in [0.717, 1.165) is 55.7 Å². The van der Waals surface area contributed by atoms with Crippen LogP contribution in [0.4, 0.5) is 11.6 Å². The number of aromatic nitrogens is 2. The minimum Gasteiger partial charge on any atom is -0.456 e. The fourth-order valence-electron chi connectivity index (χ4n) is 5.46. The summed E-state index contributed by atoms with van der Waals surface area (Å²) in [7, 11) is 0. The molecule has 0 N–H and O–H groups in total. The van der Waals surface area contributed by atoms with E-state index >= 15 is 0 Å². The zero-order valence-electron chi connectivity index (χ0n) is 18.7. The number of rotatable bonds is 2. The van der Waals surface area contributed by atoms with Crippen LogP contribution in [0.2, 0.25) is 0 Å². The molecule has 35 heavy (non-hydrogen) atoms. The Morgan fingerprint density at radius 2 is 1.51 bits per heavy atom. The maximum absolute atomic E-state index is 6.23. The van der Waals surface area contributed by atoms with Crippen LogP contribution in [0.5, 0.6) is 0 Å². The highest BCUT2D eigenvalue weighted by Gasteiger charge is 2.25. The predicted octanol–water partition coefficient (Wildman–Crippen LogP) is 8.20. The van der Waals surface area contributed by atoms with E-state index in [1.54, 1.807) is 0 Å². The molecule has 3 heterocycles. The fraction of sp³-hybridized carbons (Fsp3) is 0. The Kier molecular flexibility index (Phi) is 3.63. The summed E-state index contributed by atoms with van der Waals surface area (Å²) in [5, 5.41) is 4.67. The topological polar surface area (TPSA) is 34.2 Å². The molecule has 1 aliphatic heterocycles. The number of nitrogens with zero attached hydrogens (tertiary/aromatic N) is 3. The molecule has 0 unspecified atom stereocenters. The standard InChI is InChI=1S/C31H19N3O/c1-2-10-21(11-3-1)34-25-14-6-5-13-24(25)32-31(34)33-18-17-23-29-20(9-8-15-26(29)33)19-28-30(23)22-12-4-7-16-27(22)35-28/h1-19H. The summed E-state index contributed by atoms with van der Waals surface area (Å²) in [6.45, 7) is 0. The van der Waals surface area contributed by atoms with Gasteiger partial charge in [-0.3, -0.25) is 9.47 Å². The molecule has 0 fully saturated rings. The largest absolute Gasteiger partial charge is 0.456 e. The second kappa shape index (κ2) is 6.84. The lowest BCUT2D eigenvalue weighted by atomic mass is 9.95. The molecule has 0 radical (unpaired) electrons. The van der Waals surface area contributed by atoms with Gasteiger partial charge in [-0.1, -0.05) is 60.7 Å². The fourth-order valence-corrected chi connectivity index (χ4v) is 5.46. The van der Waals surface area contributed by atoms with E-state index < -0.39 is 0 Å². The first-order valence-corrected chi connectivity index (χ1v) is 11.7. The Labute approximate surface area is 200 Å². The Balaban J connectivity index is 1.45. The van der Waals surface area contributed by atoms with Crippen LogP contribution < -0.4 is 4.90 Å². The van der Waals surface area contributed by atoms with Crippen molar-refractivity contribution in [1.29, 1.82) is 0 Å². The van der Waals surface area contributed by atoms with Gasteiger partial charge in [-0.15, -0.1) is 0 Å². The first-order chi connectivity index (χ1) is 17.4. The molecule has 0 atom stereocenters. The summed E-state index contributed by atoms with van der Waals surface area (Å²) in [4.78, 5) is 7.30. The zero-order chi connectivity index (χ0) is 22.9. The van der Waals surface area contributed by atoms with Crippen LogP contribution in [0.3, 0.4) is 0 Å². The first kappa shape index (κ1) is 18.6. The average molecular weight is 450 g/mol. The molecule has 0 bridgehead atoms. The number of hydrogen-bond acceptors (Lipinski definition) is 3. The van der Waals surface area contributed by atoms with Crippen molar-refractivity contribution in [2.45, 2.75) is 0 Å². The summed E-state index contributed by atoms with van der Waals surface area (Å²) in [5.41, 5.74) is 7.26. The van der Waals surface area contributed by atoms with E-state index in [1.807, 2.05) is 24.3 Å². The third-order valence-corrected chi connectivity index (χ3v) is 6.95. The van der Waals surface area contributed by atoms with Crippen molar-refractivity contribution in [3.05, 3.63) is 115 Å². The van der Waals surface area contributed by atoms with Crippen molar-refractivity contribution in [3.8, 4) is 5.69 Å². The van der Waals surface area contributed by atoms with Crippen LogP contribution in [0.15, 0.2) is 114 Å². The highest BCUT2D eigenvalue weighted by atomic mass is 16.3. The van der Waals surface area contributed by atoms with Crippen LogP contribution in [0.25, 0.3) is 55.5 Å². The highest BCUT2D eigenvalue weighted by Crippen LogP contribution is 2.45. The van der Waals surface area contributed by atoms with Crippen LogP contribution in [-0.2, 0) is 0 Å². The summed E-state index contributed by atoms with van der Waals surface area (Å²) in [5.74, 6) is 0.865. The normalized spacial score (nSPS) is 13.0. The molecule has 164 valence electrons. The predicted molar refractivity (Wildman–Crippen MR) is 143 cm³/mol. The molecule has 0 aliphatic carbocycles. The Hall–Kier alpha value is -4.83. The van der Waals surface area contributed by atoms with Crippen molar-refractivity contribution >= 4 is 61.5 Å². The van der Waals surface area contributed by atoms with Gasteiger partial charge in [0.1, 0.15) is 11.2 Å². The Morgan fingerprint density at radius 1 is 0.686 bits per heavy atom. The van der Waals surface area contributed by atoms with Crippen molar-refractivity contribution in [2.75, 3.05) is 4.90 Å². The SMILES string of the molecule is C1=CN(c2nc3ccccc3n2-c2ccccc2)c2cccc3cc4oc5ccccc5c4c1c23. The number of hydrogen-bond donors (Lipinski definition) is 0. The lowest BCUT2D eigenvalue weighted by Gasteiger charge is -2.26. The van der Waals surface area contributed by atoms with E-state index in [1.165, 1.54) is 10.9 Å². The van der Waals surface area contributed by atoms with Crippen LogP contribution in [0, 0.1) is 0 Å². The highest BCUT2D eigenvalue weighted by molar-refractivity contribution is 6.20. The Bertz CT molecular complexity index is 1960. The van der Waals surface area contributed by atoms with Gasteiger partial charge in [0.05, 0.1) is 16.7 Å². The number of furan rings is 1. The quantitative estimate of drug-likeness (QED) is 0.267. The third kappa shape index (κ3) is 2.53. The molecular weight excluding hydrogens is 430 g/mol. The van der Waals surface area contributed by atoms with Crippen molar-refractivity contribution < 1.29 is 4.42 Å². The van der Waals surface area contributed by atoms with Gasteiger partial charge in [0, 0.05) is 28.0 Å². The van der Waals surface area contributed by atoms with Crippen LogP contribution in [-0.4, -0.2) is 9.55 Å². The molecule has 1 aliphatic rings. The second-order valence-corrected chi connectivity index (χ2v) is 8.89. The molecular formula is C31H19N3O. The number of para-hydroxylation sites is 4. The van der Waals surface area contributed by atoms with E-state index in [-0.39, 0.29) is 0 Å². The van der Waals surface area contributed by atoms with Gasteiger partial charge in [-0.05, 0) is 59.5 Å². The molecule has 2 aromatic heterocycles. The minimum absolute atomic E-state index is 0.865. The number of imidazole rings is 1. The monoisotopic (exact) mass is 449 g/mol. The molecule has 0 saturated heterocycles. The van der Waals surface area contributed by atoms with Gasteiger partial charge in [-0.2, -0.15) is 0 Å². The molecule has 0 amide bonds. The lowest BCUT2D eigenvalue weighted by molar-refractivity contribution is 0.669. The molecule has 8 rings (SSSR count). The molecule has 4 nitrogen and oxygen atoms in total. The number of anilines is 2. The van der Waals surface area contributed by atoms with E-state index in [0.29, 0.717) is 0 Å². The van der Waals surface area contributed by atoms with Gasteiger partial charge in [0.2, 0.25) is 5.95 Å². The van der Waals surface area contributed by atoms with Gasteiger partial charge in [-0.25, -0.2) is 4.98 Å². The van der Waals surface area contributed by atoms with Crippen molar-refractivity contribution in [2.24, 2.45) is 0 Å². The van der Waals surface area contributed by atoms with E-state index in [2.05, 4.69) is 101 Å². The number of benzene rings is 5. The first-order valence-electron chi connectivity index (χ1n) is 11.7. The van der Waals surface area contributed by atoms with Crippen molar-refractivity contribution in [1.82, 2.24) is 9.55 Å². The van der Waals surface area contributed by atoms with Gasteiger partial charge in [0.15, 0.2) is 0 Å². The van der Waals surface area contributed by atoms with Crippen LogP contribution in [0.1, 0.15) is 5.56 Å². The zero-order valence-corrected chi connectivity index (χ0v) is 18.7. The molecule has 4 heteroatoms. The molecule has 7 aromatic rings. The molecule has 5 aromatic carbocycles. The maximum atomic E-state index is 6.23. The second-order valence-electron chi connectivity index (χ2n) is 8.89. The summed E-state index contributed by atoms with van der Waals surface area (Å²) < 4.78 is 8.46. The lowest BCUT2D eigenvalue weighted by Crippen LogP contribution is -2.16. The summed E-state index contributed by atoms with van der Waals surface area (Å²) in [6, 6.07) is 35.6. The van der Waals surface area contributed by atoms with E-state index in [9.17, 15) is 0 Å². The minimum atomic E-state index is 0.865. The van der Waals surface area contributed by atoms with Crippen LogP contribution >= 0.6 is 0 Å². The summed E-state index contributed by atoms with van der Waals surface area (Å²) >= 11 is 0. The maximum Gasteiger partial charge on any atom is 0.220 e. The molecule has 0 saturated carbocycles. The third-order valence-electron chi connectivity index (χ3n) is 6.95. The molecule has 0 spiro atoms. The van der Waals surface area contributed by atoms with E-state index in [4.69, 9.17) is 9.40 Å². The Morgan fingerprint density at radius 3 is 2.46 bits per heavy atom. The number of fused-ring (bicyclic) bond motifs is 5. The average Bonchev–Trinajstić information content (AvgIpc) is 3.48.